The number of rotatable bonds is 5. The van der Waals surface area contributed by atoms with Crippen LogP contribution < -0.4 is 0 Å². The Hall–Kier alpha value is -8.18. The van der Waals surface area contributed by atoms with E-state index in [1.807, 2.05) is 11.3 Å². The quantitative estimate of drug-likeness (QED) is 0.164. The third-order valence-corrected chi connectivity index (χ3v) is 14.6. The van der Waals surface area contributed by atoms with Crippen LogP contribution in [0.1, 0.15) is 0 Å². The van der Waals surface area contributed by atoms with Gasteiger partial charge in [0.1, 0.15) is 0 Å². The first-order valence-corrected chi connectivity index (χ1v) is 22.7. The molecule has 0 unspecified atom stereocenters. The molecule has 0 N–H and O–H groups in total. The zero-order valence-corrected chi connectivity index (χ0v) is 35.4. The molecular formula is C60H37N3S. The van der Waals surface area contributed by atoms with Gasteiger partial charge in [-0.15, -0.1) is 11.3 Å². The van der Waals surface area contributed by atoms with Crippen molar-refractivity contribution < 1.29 is 0 Å². The maximum atomic E-state index is 2.47. The summed E-state index contributed by atoms with van der Waals surface area (Å²) in [5.74, 6) is 0. The first-order valence-electron chi connectivity index (χ1n) is 21.9. The Bertz CT molecular complexity index is 3970. The predicted molar refractivity (Wildman–Crippen MR) is 273 cm³/mol. The normalized spacial score (nSPS) is 12.1. The smallest absolute Gasteiger partial charge is 0.0541 e. The lowest BCUT2D eigenvalue weighted by molar-refractivity contribution is 1.18. The monoisotopic (exact) mass is 831 g/mol. The van der Waals surface area contributed by atoms with Gasteiger partial charge in [-0.25, -0.2) is 0 Å². The SMILES string of the molecule is c1ccc(-n2c3ccccc3c3cc(-c4ccc5c(c4)c4cc(-c6ccc7c(c6)c6ccccc6n7-c6ccccc6)ccc4n5-c4ccc5c(c4)sc4ccccc45)ccc32)cc1. The zero-order chi connectivity index (χ0) is 41.9. The third-order valence-electron chi connectivity index (χ3n) is 13.4. The van der Waals surface area contributed by atoms with Crippen LogP contribution in [0.15, 0.2) is 224 Å². The molecule has 298 valence electrons. The number of para-hydroxylation sites is 4. The highest BCUT2D eigenvalue weighted by Crippen LogP contribution is 2.42. The fourth-order valence-corrected chi connectivity index (χ4v) is 11.7. The average molecular weight is 832 g/mol. The second kappa shape index (κ2) is 13.7. The minimum Gasteiger partial charge on any atom is -0.309 e. The minimum atomic E-state index is 1.17. The number of thiophene rings is 1. The van der Waals surface area contributed by atoms with E-state index in [1.54, 1.807) is 0 Å². The highest BCUT2D eigenvalue weighted by Gasteiger charge is 2.19. The molecule has 0 atom stereocenters. The van der Waals surface area contributed by atoms with Crippen molar-refractivity contribution in [1.82, 2.24) is 13.7 Å². The number of benzene rings is 10. The maximum Gasteiger partial charge on any atom is 0.0541 e. The molecule has 10 aromatic carbocycles. The van der Waals surface area contributed by atoms with Crippen molar-refractivity contribution in [3.05, 3.63) is 224 Å². The topological polar surface area (TPSA) is 14.8 Å². The molecule has 0 aliphatic rings. The molecule has 14 rings (SSSR count). The van der Waals surface area contributed by atoms with E-state index in [4.69, 9.17) is 0 Å². The Morgan fingerprint density at radius 1 is 0.219 bits per heavy atom. The number of fused-ring (bicyclic) bond motifs is 12. The summed E-state index contributed by atoms with van der Waals surface area (Å²) in [5, 5.41) is 10.1. The number of nitrogens with zero attached hydrogens (tertiary/aromatic N) is 3. The van der Waals surface area contributed by atoms with Crippen molar-refractivity contribution in [2.75, 3.05) is 0 Å². The van der Waals surface area contributed by atoms with E-state index in [-0.39, 0.29) is 0 Å². The molecule has 0 radical (unpaired) electrons. The fraction of sp³-hybridized carbons (Fsp3) is 0. The van der Waals surface area contributed by atoms with Gasteiger partial charge in [0.15, 0.2) is 0 Å². The van der Waals surface area contributed by atoms with E-state index >= 15 is 0 Å². The van der Waals surface area contributed by atoms with Gasteiger partial charge in [0.05, 0.1) is 33.1 Å². The van der Waals surface area contributed by atoms with E-state index in [0.29, 0.717) is 0 Å². The van der Waals surface area contributed by atoms with E-state index in [2.05, 4.69) is 238 Å². The van der Waals surface area contributed by atoms with Crippen LogP contribution in [-0.4, -0.2) is 13.7 Å². The Balaban J connectivity index is 0.980. The van der Waals surface area contributed by atoms with Crippen LogP contribution in [0.5, 0.6) is 0 Å². The van der Waals surface area contributed by atoms with Crippen LogP contribution in [0.2, 0.25) is 0 Å². The van der Waals surface area contributed by atoms with Crippen molar-refractivity contribution in [2.24, 2.45) is 0 Å². The second-order valence-corrected chi connectivity index (χ2v) is 18.0. The molecular weight excluding hydrogens is 795 g/mol. The van der Waals surface area contributed by atoms with Crippen LogP contribution in [0.25, 0.3) is 125 Å². The van der Waals surface area contributed by atoms with Crippen LogP contribution in [0.4, 0.5) is 0 Å². The Kier molecular flexibility index (Phi) is 7.56. The van der Waals surface area contributed by atoms with Gasteiger partial charge in [0.2, 0.25) is 0 Å². The number of aromatic nitrogens is 3. The van der Waals surface area contributed by atoms with Gasteiger partial charge in [0.25, 0.3) is 0 Å². The summed E-state index contributed by atoms with van der Waals surface area (Å²) in [6, 6.07) is 82.8. The van der Waals surface area contributed by atoms with Crippen molar-refractivity contribution >= 4 is 96.9 Å². The maximum absolute atomic E-state index is 2.47. The Morgan fingerprint density at radius 3 is 1.06 bits per heavy atom. The molecule has 4 aromatic heterocycles. The Labute approximate surface area is 372 Å². The lowest BCUT2D eigenvalue weighted by Gasteiger charge is -2.10. The largest absolute Gasteiger partial charge is 0.309 e. The molecule has 3 nitrogen and oxygen atoms in total. The number of hydrogen-bond donors (Lipinski definition) is 0. The molecule has 0 amide bonds. The molecule has 0 spiro atoms. The summed E-state index contributed by atoms with van der Waals surface area (Å²) < 4.78 is 9.86. The molecule has 0 fully saturated rings. The van der Waals surface area contributed by atoms with Crippen LogP contribution >= 0.6 is 11.3 Å². The summed E-state index contributed by atoms with van der Waals surface area (Å²) in [4.78, 5) is 0. The molecule has 14 aromatic rings. The molecule has 4 heteroatoms. The summed E-state index contributed by atoms with van der Waals surface area (Å²) in [6.07, 6.45) is 0. The average Bonchev–Trinajstić information content (AvgIpc) is 4.10. The number of hydrogen-bond acceptors (Lipinski definition) is 1. The molecule has 4 heterocycles. The molecule has 0 saturated carbocycles. The van der Waals surface area contributed by atoms with E-state index in [1.165, 1.54) is 125 Å². The van der Waals surface area contributed by atoms with Gasteiger partial charge in [-0.2, -0.15) is 0 Å². The zero-order valence-electron chi connectivity index (χ0n) is 34.6. The van der Waals surface area contributed by atoms with Gasteiger partial charge >= 0.3 is 0 Å². The fourth-order valence-electron chi connectivity index (χ4n) is 10.5. The van der Waals surface area contributed by atoms with Crippen molar-refractivity contribution in [3.8, 4) is 39.3 Å². The second-order valence-electron chi connectivity index (χ2n) is 16.9. The van der Waals surface area contributed by atoms with E-state index < -0.39 is 0 Å². The van der Waals surface area contributed by atoms with Crippen molar-refractivity contribution in [2.45, 2.75) is 0 Å². The molecule has 64 heavy (non-hydrogen) atoms. The lowest BCUT2D eigenvalue weighted by atomic mass is 9.98. The highest BCUT2D eigenvalue weighted by molar-refractivity contribution is 7.25. The first kappa shape index (κ1) is 35.4. The van der Waals surface area contributed by atoms with Gasteiger partial charge in [-0.3, -0.25) is 0 Å². The summed E-state index contributed by atoms with van der Waals surface area (Å²) in [5.41, 5.74) is 15.5. The lowest BCUT2D eigenvalue weighted by Crippen LogP contribution is -1.93. The van der Waals surface area contributed by atoms with Crippen molar-refractivity contribution in [3.63, 3.8) is 0 Å². The van der Waals surface area contributed by atoms with Gasteiger partial charge in [0, 0.05) is 69.6 Å². The van der Waals surface area contributed by atoms with Crippen LogP contribution in [0, 0.1) is 0 Å². The predicted octanol–water partition coefficient (Wildman–Crippen LogP) is 16.7. The Morgan fingerprint density at radius 2 is 0.578 bits per heavy atom. The summed E-state index contributed by atoms with van der Waals surface area (Å²) in [7, 11) is 0. The van der Waals surface area contributed by atoms with E-state index in [0.717, 1.165) is 0 Å². The summed E-state index contributed by atoms with van der Waals surface area (Å²) in [6.45, 7) is 0. The van der Waals surface area contributed by atoms with Gasteiger partial charge in [-0.05, 0) is 125 Å². The standard InChI is InChI=1S/C60H37N3S/c1-3-13-42(14-4-1)61-53-20-10-7-17-45(53)49-33-38(23-29-55(49)61)40-25-31-57-51(35-40)52-36-41(26-32-58(52)63(57)44-27-28-48-47-19-9-12-22-59(47)64-60(48)37-44)39-24-30-56-50(34-39)46-18-8-11-21-54(46)62(56)43-15-5-2-6-16-43/h1-37H. The van der Waals surface area contributed by atoms with Gasteiger partial charge in [-0.1, -0.05) is 121 Å². The van der Waals surface area contributed by atoms with Crippen LogP contribution in [-0.2, 0) is 0 Å². The molecule has 0 saturated heterocycles. The highest BCUT2D eigenvalue weighted by atomic mass is 32.1. The first-order chi connectivity index (χ1) is 31.7. The van der Waals surface area contributed by atoms with E-state index in [9.17, 15) is 0 Å². The van der Waals surface area contributed by atoms with Crippen molar-refractivity contribution in [1.29, 1.82) is 0 Å². The van der Waals surface area contributed by atoms with Crippen LogP contribution in [0.3, 0.4) is 0 Å². The molecule has 0 bridgehead atoms. The van der Waals surface area contributed by atoms with Gasteiger partial charge < -0.3 is 13.7 Å². The minimum absolute atomic E-state index is 1.17. The molecule has 0 aliphatic heterocycles. The molecule has 0 aliphatic carbocycles. The summed E-state index contributed by atoms with van der Waals surface area (Å²) >= 11 is 1.87. The third kappa shape index (κ3) is 5.21.